The summed E-state index contributed by atoms with van der Waals surface area (Å²) in [7, 11) is -3.21. The SMILES string of the molecule is CS(=O)(=O)NC1CCCN(c2ccnc(C(N)=O)c2)C1. The number of rotatable bonds is 4. The van der Waals surface area contributed by atoms with Crippen LogP contribution in [0.1, 0.15) is 23.3 Å². The topological polar surface area (TPSA) is 105 Å². The monoisotopic (exact) mass is 298 g/mol. The summed E-state index contributed by atoms with van der Waals surface area (Å²) in [6.45, 7) is 1.37. The number of primary amides is 1. The molecule has 0 aliphatic carbocycles. The molecule has 1 aromatic rings. The van der Waals surface area contributed by atoms with Gasteiger partial charge in [-0.2, -0.15) is 0 Å². The Hall–Kier alpha value is -1.67. The van der Waals surface area contributed by atoms with Gasteiger partial charge in [0.25, 0.3) is 5.91 Å². The van der Waals surface area contributed by atoms with E-state index in [0.717, 1.165) is 31.3 Å². The maximum Gasteiger partial charge on any atom is 0.267 e. The van der Waals surface area contributed by atoms with E-state index in [-0.39, 0.29) is 11.7 Å². The predicted octanol–water partition coefficient (Wildman–Crippen LogP) is -0.301. The second-order valence-electron chi connectivity index (χ2n) is 4.94. The van der Waals surface area contributed by atoms with Gasteiger partial charge in [-0.15, -0.1) is 0 Å². The van der Waals surface area contributed by atoms with Gasteiger partial charge in [0, 0.05) is 31.0 Å². The zero-order valence-corrected chi connectivity index (χ0v) is 12.1. The fourth-order valence-corrected chi connectivity index (χ4v) is 3.16. The van der Waals surface area contributed by atoms with E-state index in [1.165, 1.54) is 6.20 Å². The summed E-state index contributed by atoms with van der Waals surface area (Å²) >= 11 is 0. The third-order valence-electron chi connectivity index (χ3n) is 3.16. The van der Waals surface area contributed by atoms with Crippen LogP contribution in [0.3, 0.4) is 0 Å². The molecule has 3 N–H and O–H groups in total. The number of anilines is 1. The molecule has 1 unspecified atom stereocenters. The fourth-order valence-electron chi connectivity index (χ4n) is 2.36. The molecule has 0 radical (unpaired) electrons. The molecule has 8 heteroatoms. The Kier molecular flexibility index (Phi) is 4.24. The summed E-state index contributed by atoms with van der Waals surface area (Å²) in [5.74, 6) is -0.574. The number of carbonyl (C=O) groups excluding carboxylic acids is 1. The molecule has 1 fully saturated rings. The maximum absolute atomic E-state index is 11.3. The van der Waals surface area contributed by atoms with Crippen molar-refractivity contribution in [3.8, 4) is 0 Å². The quantitative estimate of drug-likeness (QED) is 0.794. The highest BCUT2D eigenvalue weighted by Gasteiger charge is 2.23. The summed E-state index contributed by atoms with van der Waals surface area (Å²) in [5.41, 5.74) is 6.25. The number of nitrogens with one attached hydrogen (secondary N) is 1. The molecule has 1 aliphatic rings. The van der Waals surface area contributed by atoms with E-state index in [0.29, 0.717) is 6.54 Å². The van der Waals surface area contributed by atoms with Crippen molar-refractivity contribution >= 4 is 21.6 Å². The molecule has 0 aromatic carbocycles. The van der Waals surface area contributed by atoms with Crippen LogP contribution < -0.4 is 15.4 Å². The normalized spacial score (nSPS) is 19.9. The lowest BCUT2D eigenvalue weighted by atomic mass is 10.1. The highest BCUT2D eigenvalue weighted by atomic mass is 32.2. The number of carbonyl (C=O) groups is 1. The van der Waals surface area contributed by atoms with Crippen LogP contribution in [0, 0.1) is 0 Å². The summed E-state index contributed by atoms with van der Waals surface area (Å²) in [4.78, 5) is 17.1. The van der Waals surface area contributed by atoms with Gasteiger partial charge in [-0.05, 0) is 25.0 Å². The van der Waals surface area contributed by atoms with Crippen molar-refractivity contribution in [2.75, 3.05) is 24.2 Å². The van der Waals surface area contributed by atoms with E-state index in [4.69, 9.17) is 5.73 Å². The molecule has 0 spiro atoms. The molecular weight excluding hydrogens is 280 g/mol. The summed E-state index contributed by atoms with van der Waals surface area (Å²) < 4.78 is 25.2. The van der Waals surface area contributed by atoms with Gasteiger partial charge in [-0.3, -0.25) is 9.78 Å². The minimum atomic E-state index is -3.21. The summed E-state index contributed by atoms with van der Waals surface area (Å²) in [6.07, 6.45) is 4.37. The van der Waals surface area contributed by atoms with Crippen LogP contribution in [-0.4, -0.2) is 44.7 Å². The van der Waals surface area contributed by atoms with Crippen molar-refractivity contribution in [2.45, 2.75) is 18.9 Å². The van der Waals surface area contributed by atoms with Gasteiger partial charge in [0.05, 0.1) is 6.26 Å². The molecule has 1 aliphatic heterocycles. The zero-order chi connectivity index (χ0) is 14.8. The summed E-state index contributed by atoms with van der Waals surface area (Å²) in [6, 6.07) is 3.30. The Balaban J connectivity index is 2.12. The number of nitrogens with two attached hydrogens (primary N) is 1. The van der Waals surface area contributed by atoms with Crippen molar-refractivity contribution in [3.63, 3.8) is 0 Å². The van der Waals surface area contributed by atoms with E-state index in [1.54, 1.807) is 12.1 Å². The molecule has 1 atom stereocenters. The Morgan fingerprint density at radius 2 is 2.30 bits per heavy atom. The van der Waals surface area contributed by atoms with Crippen LogP contribution in [0.15, 0.2) is 18.3 Å². The lowest BCUT2D eigenvalue weighted by molar-refractivity contribution is 0.0995. The molecule has 1 saturated heterocycles. The first-order valence-electron chi connectivity index (χ1n) is 6.33. The van der Waals surface area contributed by atoms with Gasteiger partial charge in [0.1, 0.15) is 5.69 Å². The van der Waals surface area contributed by atoms with Gasteiger partial charge in [0.15, 0.2) is 0 Å². The van der Waals surface area contributed by atoms with E-state index < -0.39 is 15.9 Å². The Bertz CT molecular complexity index is 602. The molecular formula is C12H18N4O3S. The van der Waals surface area contributed by atoms with E-state index in [2.05, 4.69) is 9.71 Å². The first-order chi connectivity index (χ1) is 9.35. The highest BCUT2D eigenvalue weighted by molar-refractivity contribution is 7.88. The lowest BCUT2D eigenvalue weighted by Crippen LogP contribution is -2.47. The highest BCUT2D eigenvalue weighted by Crippen LogP contribution is 2.20. The number of piperidine rings is 1. The second kappa shape index (κ2) is 5.76. The predicted molar refractivity (Wildman–Crippen MR) is 76.0 cm³/mol. The number of hydrogen-bond acceptors (Lipinski definition) is 5. The van der Waals surface area contributed by atoms with Crippen LogP contribution >= 0.6 is 0 Å². The molecule has 0 saturated carbocycles. The first kappa shape index (κ1) is 14.7. The molecule has 1 aromatic heterocycles. The van der Waals surface area contributed by atoms with Crippen LogP contribution in [0.4, 0.5) is 5.69 Å². The smallest absolute Gasteiger partial charge is 0.267 e. The molecule has 1 amide bonds. The number of aromatic nitrogens is 1. The molecule has 2 rings (SSSR count). The van der Waals surface area contributed by atoms with E-state index >= 15 is 0 Å². The van der Waals surface area contributed by atoms with E-state index in [9.17, 15) is 13.2 Å². The summed E-state index contributed by atoms with van der Waals surface area (Å²) in [5, 5.41) is 0. The van der Waals surface area contributed by atoms with Crippen molar-refractivity contribution in [2.24, 2.45) is 5.73 Å². The van der Waals surface area contributed by atoms with Crippen molar-refractivity contribution < 1.29 is 13.2 Å². The van der Waals surface area contributed by atoms with Crippen molar-refractivity contribution in [1.82, 2.24) is 9.71 Å². The van der Waals surface area contributed by atoms with Crippen LogP contribution in [0.5, 0.6) is 0 Å². The standard InChI is InChI=1S/C12H18N4O3S/c1-20(18,19)15-9-3-2-6-16(8-9)10-4-5-14-11(7-10)12(13)17/h4-5,7,9,15H,2-3,6,8H2,1H3,(H2,13,17). The lowest BCUT2D eigenvalue weighted by Gasteiger charge is -2.34. The zero-order valence-electron chi connectivity index (χ0n) is 11.2. The molecule has 7 nitrogen and oxygen atoms in total. The van der Waals surface area contributed by atoms with Gasteiger partial charge in [-0.1, -0.05) is 0 Å². The molecule has 0 bridgehead atoms. The van der Waals surface area contributed by atoms with Crippen LogP contribution in [0.2, 0.25) is 0 Å². The average molecular weight is 298 g/mol. The number of sulfonamides is 1. The molecule has 110 valence electrons. The number of amides is 1. The molecule has 2 heterocycles. The Labute approximate surface area is 118 Å². The van der Waals surface area contributed by atoms with Crippen LogP contribution in [-0.2, 0) is 10.0 Å². The Morgan fingerprint density at radius 3 is 2.95 bits per heavy atom. The van der Waals surface area contributed by atoms with Gasteiger partial charge in [0.2, 0.25) is 10.0 Å². The van der Waals surface area contributed by atoms with Gasteiger partial charge >= 0.3 is 0 Å². The van der Waals surface area contributed by atoms with E-state index in [1.807, 2.05) is 4.90 Å². The Morgan fingerprint density at radius 1 is 1.55 bits per heavy atom. The van der Waals surface area contributed by atoms with Crippen LogP contribution in [0.25, 0.3) is 0 Å². The van der Waals surface area contributed by atoms with Crippen molar-refractivity contribution in [3.05, 3.63) is 24.0 Å². The minimum absolute atomic E-state index is 0.121. The average Bonchev–Trinajstić information content (AvgIpc) is 2.37. The van der Waals surface area contributed by atoms with Gasteiger partial charge < -0.3 is 10.6 Å². The van der Waals surface area contributed by atoms with Crippen molar-refractivity contribution in [1.29, 1.82) is 0 Å². The fraction of sp³-hybridized carbons (Fsp3) is 0.500. The number of nitrogens with zero attached hydrogens (tertiary/aromatic N) is 2. The second-order valence-corrected chi connectivity index (χ2v) is 6.72. The maximum atomic E-state index is 11.3. The third kappa shape index (κ3) is 3.91. The number of hydrogen-bond donors (Lipinski definition) is 2. The minimum Gasteiger partial charge on any atom is -0.370 e. The van der Waals surface area contributed by atoms with Gasteiger partial charge in [-0.25, -0.2) is 13.1 Å². The third-order valence-corrected chi connectivity index (χ3v) is 3.92. The largest absolute Gasteiger partial charge is 0.370 e. The number of pyridine rings is 1. The molecule has 20 heavy (non-hydrogen) atoms. The first-order valence-corrected chi connectivity index (χ1v) is 8.22.